The van der Waals surface area contributed by atoms with Gasteiger partial charge in [0.05, 0.1) is 16.8 Å². The molecule has 0 spiro atoms. The smallest absolute Gasteiger partial charge is 0.392 e. The van der Waals surface area contributed by atoms with Crippen LogP contribution in [0.2, 0.25) is 5.02 Å². The van der Waals surface area contributed by atoms with Crippen molar-refractivity contribution in [3.63, 3.8) is 0 Å². The molecule has 0 fully saturated rings. The molecule has 0 aliphatic heterocycles. The van der Waals surface area contributed by atoms with E-state index in [2.05, 4.69) is 29.2 Å². The van der Waals surface area contributed by atoms with Crippen LogP contribution in [0, 0.1) is 6.92 Å². The molecule has 0 saturated heterocycles. The number of rotatable bonds is 8. The van der Waals surface area contributed by atoms with Crippen molar-refractivity contribution in [2.75, 3.05) is 26.2 Å². The third-order valence-electron chi connectivity index (χ3n) is 4.13. The van der Waals surface area contributed by atoms with E-state index in [9.17, 15) is 9.59 Å². The number of halogens is 1. The number of carbonyl (C=O) groups excluding carboxylic acids is 1. The molecule has 1 aromatic carbocycles. The first kappa shape index (κ1) is 20.1. The Morgan fingerprint density at radius 2 is 2.08 bits per heavy atom. The monoisotopic (exact) mass is 380 g/mol. The van der Waals surface area contributed by atoms with Gasteiger partial charge in [0.1, 0.15) is 0 Å². The second-order valence-corrected chi connectivity index (χ2v) is 6.30. The molecule has 0 radical (unpaired) electrons. The molecule has 26 heavy (non-hydrogen) atoms. The van der Waals surface area contributed by atoms with Crippen LogP contribution >= 0.6 is 11.6 Å². The van der Waals surface area contributed by atoms with Gasteiger partial charge in [0.25, 0.3) is 5.56 Å². The summed E-state index contributed by atoms with van der Waals surface area (Å²) in [5.41, 5.74) is 1.01. The number of para-hydroxylation sites is 1. The summed E-state index contributed by atoms with van der Waals surface area (Å²) in [6, 6.07) is 6.56. The van der Waals surface area contributed by atoms with Gasteiger partial charge in [-0.3, -0.25) is 9.89 Å². The topological polar surface area (TPSA) is 79.4 Å². The van der Waals surface area contributed by atoms with Gasteiger partial charge < -0.3 is 15.0 Å². The van der Waals surface area contributed by atoms with Gasteiger partial charge in [0.15, 0.2) is 0 Å². The maximum Gasteiger partial charge on any atom is 0.413 e. The van der Waals surface area contributed by atoms with Gasteiger partial charge >= 0.3 is 6.09 Å². The molecular weight excluding hydrogens is 356 g/mol. The van der Waals surface area contributed by atoms with Gasteiger partial charge in [-0.15, -0.1) is 0 Å². The van der Waals surface area contributed by atoms with Gasteiger partial charge in [-0.25, -0.2) is 9.48 Å². The summed E-state index contributed by atoms with van der Waals surface area (Å²) in [6.07, 6.45) is 0.224. The Morgan fingerprint density at radius 1 is 1.35 bits per heavy atom. The molecule has 1 amide bonds. The number of nitrogens with one attached hydrogen (secondary N) is 2. The standard InChI is InChI=1S/C18H25ClN4O3/c1-4-22(5-2)11-7-10-20-18(25)26-15-12-16(24)23(21-15)17-13(3)8-6-9-14(17)19/h6,8-9,12,21H,4-5,7,10-11H2,1-3H3,(H,20,25). The molecule has 0 bridgehead atoms. The second-order valence-electron chi connectivity index (χ2n) is 5.90. The van der Waals surface area contributed by atoms with Crippen LogP contribution < -0.4 is 15.6 Å². The Hall–Kier alpha value is -2.25. The van der Waals surface area contributed by atoms with Crippen molar-refractivity contribution in [1.29, 1.82) is 0 Å². The number of aromatic amines is 1. The first-order valence-corrected chi connectivity index (χ1v) is 9.09. The van der Waals surface area contributed by atoms with Crippen LogP contribution in [0.3, 0.4) is 0 Å². The number of ether oxygens (including phenoxy) is 1. The van der Waals surface area contributed by atoms with Crippen molar-refractivity contribution in [3.8, 4) is 11.6 Å². The molecule has 0 unspecified atom stereocenters. The van der Waals surface area contributed by atoms with Crippen LogP contribution in [0.4, 0.5) is 4.79 Å². The molecule has 142 valence electrons. The number of benzene rings is 1. The summed E-state index contributed by atoms with van der Waals surface area (Å²) in [5.74, 6) is 0.0653. The van der Waals surface area contributed by atoms with Crippen LogP contribution in [0.1, 0.15) is 25.8 Å². The Balaban J connectivity index is 1.95. The molecule has 0 aliphatic carbocycles. The summed E-state index contributed by atoms with van der Waals surface area (Å²) in [5, 5.41) is 5.88. The van der Waals surface area contributed by atoms with Crippen molar-refractivity contribution in [3.05, 3.63) is 45.2 Å². The number of aromatic nitrogens is 2. The van der Waals surface area contributed by atoms with Crippen molar-refractivity contribution < 1.29 is 9.53 Å². The maximum absolute atomic E-state index is 12.2. The van der Waals surface area contributed by atoms with E-state index in [4.69, 9.17) is 16.3 Å². The molecule has 8 heteroatoms. The maximum atomic E-state index is 12.2. The van der Waals surface area contributed by atoms with Crippen molar-refractivity contribution >= 4 is 17.7 Å². The zero-order valence-electron chi connectivity index (χ0n) is 15.3. The number of H-pyrrole nitrogens is 1. The van der Waals surface area contributed by atoms with E-state index >= 15 is 0 Å². The summed E-state index contributed by atoms with van der Waals surface area (Å²) in [4.78, 5) is 26.3. The van der Waals surface area contributed by atoms with E-state index in [0.717, 1.165) is 31.6 Å². The quantitative estimate of drug-likeness (QED) is 0.690. The summed E-state index contributed by atoms with van der Waals surface area (Å²) in [7, 11) is 0. The molecule has 0 aliphatic rings. The Labute approximate surface area is 157 Å². The highest BCUT2D eigenvalue weighted by Gasteiger charge is 2.13. The lowest BCUT2D eigenvalue weighted by atomic mass is 10.2. The van der Waals surface area contributed by atoms with Gasteiger partial charge in [-0.05, 0) is 44.6 Å². The number of aryl methyl sites for hydroxylation is 1. The molecule has 1 heterocycles. The third-order valence-corrected chi connectivity index (χ3v) is 4.43. The molecule has 7 nitrogen and oxygen atoms in total. The van der Waals surface area contributed by atoms with Crippen LogP contribution in [0.5, 0.6) is 5.88 Å². The minimum absolute atomic E-state index is 0.0653. The summed E-state index contributed by atoms with van der Waals surface area (Å²) < 4.78 is 6.42. The van der Waals surface area contributed by atoms with E-state index in [-0.39, 0.29) is 11.4 Å². The fourth-order valence-electron chi connectivity index (χ4n) is 2.67. The normalized spacial score (nSPS) is 11.0. The van der Waals surface area contributed by atoms with E-state index in [1.165, 1.54) is 10.7 Å². The van der Waals surface area contributed by atoms with Gasteiger partial charge in [0, 0.05) is 6.54 Å². The average Bonchev–Trinajstić information content (AvgIpc) is 2.95. The highest BCUT2D eigenvalue weighted by Crippen LogP contribution is 2.22. The fraction of sp³-hybridized carbons (Fsp3) is 0.444. The van der Waals surface area contributed by atoms with Gasteiger partial charge in [0.2, 0.25) is 5.88 Å². The van der Waals surface area contributed by atoms with E-state index in [0.29, 0.717) is 17.3 Å². The fourth-order valence-corrected chi connectivity index (χ4v) is 2.97. The largest absolute Gasteiger partial charge is 0.413 e. The third kappa shape index (κ3) is 5.12. The SMILES string of the molecule is CCN(CC)CCCNC(=O)Oc1cc(=O)n(-c2c(C)cccc2Cl)[nH]1. The zero-order valence-corrected chi connectivity index (χ0v) is 16.1. The van der Waals surface area contributed by atoms with Gasteiger partial charge in [-0.1, -0.05) is 37.6 Å². The Bertz CT molecular complexity index is 776. The first-order valence-electron chi connectivity index (χ1n) is 8.71. The highest BCUT2D eigenvalue weighted by molar-refractivity contribution is 6.32. The van der Waals surface area contributed by atoms with Crippen LogP contribution in [-0.4, -0.2) is 47.0 Å². The lowest BCUT2D eigenvalue weighted by molar-refractivity contribution is 0.197. The molecule has 0 saturated carbocycles. The highest BCUT2D eigenvalue weighted by atomic mass is 35.5. The molecule has 2 N–H and O–H groups in total. The van der Waals surface area contributed by atoms with Crippen molar-refractivity contribution in [2.45, 2.75) is 27.2 Å². The lowest BCUT2D eigenvalue weighted by Gasteiger charge is -2.17. The minimum Gasteiger partial charge on any atom is -0.392 e. The van der Waals surface area contributed by atoms with Crippen molar-refractivity contribution in [2.24, 2.45) is 0 Å². The summed E-state index contributed by atoms with van der Waals surface area (Å²) in [6.45, 7) is 9.43. The number of carbonyl (C=O) groups is 1. The lowest BCUT2D eigenvalue weighted by Crippen LogP contribution is -2.31. The molecule has 0 atom stereocenters. The van der Waals surface area contributed by atoms with Crippen LogP contribution in [0.25, 0.3) is 5.69 Å². The minimum atomic E-state index is -0.603. The van der Waals surface area contributed by atoms with E-state index < -0.39 is 6.09 Å². The van der Waals surface area contributed by atoms with Crippen LogP contribution in [0.15, 0.2) is 29.1 Å². The van der Waals surface area contributed by atoms with Crippen LogP contribution in [-0.2, 0) is 0 Å². The first-order chi connectivity index (χ1) is 12.5. The molecule has 1 aromatic heterocycles. The van der Waals surface area contributed by atoms with E-state index in [1.54, 1.807) is 12.1 Å². The zero-order chi connectivity index (χ0) is 19.1. The predicted molar refractivity (Wildman–Crippen MR) is 103 cm³/mol. The molecule has 2 aromatic rings. The number of hydrogen-bond acceptors (Lipinski definition) is 4. The molecule has 2 rings (SSSR count). The second kappa shape index (κ2) is 9.45. The summed E-state index contributed by atoms with van der Waals surface area (Å²) >= 11 is 6.18. The Kier molecular flexibility index (Phi) is 7.29. The molecular formula is C18H25ClN4O3. The number of hydrogen-bond donors (Lipinski definition) is 2. The number of nitrogens with zero attached hydrogens (tertiary/aromatic N) is 2. The average molecular weight is 381 g/mol. The van der Waals surface area contributed by atoms with Crippen molar-refractivity contribution in [1.82, 2.24) is 20.0 Å². The Morgan fingerprint density at radius 3 is 2.73 bits per heavy atom. The number of amides is 1. The van der Waals surface area contributed by atoms with Gasteiger partial charge in [-0.2, -0.15) is 0 Å². The predicted octanol–water partition coefficient (Wildman–Crippen LogP) is 2.95. The van der Waals surface area contributed by atoms with E-state index in [1.807, 2.05) is 13.0 Å².